The molecule has 0 heterocycles. The molecule has 0 aromatic heterocycles. The number of nitrogens with one attached hydrogen (secondary N) is 1. The number of carbonyl (C=O) groups is 2. The van der Waals surface area contributed by atoms with Crippen molar-refractivity contribution in [3.8, 4) is 5.75 Å². The molecule has 0 aliphatic rings. The van der Waals surface area contributed by atoms with Crippen LogP contribution in [0.25, 0.3) is 0 Å². The van der Waals surface area contributed by atoms with Crippen molar-refractivity contribution in [2.45, 2.75) is 20.4 Å². The number of rotatable bonds is 7. The van der Waals surface area contributed by atoms with Crippen LogP contribution in [0.5, 0.6) is 5.75 Å². The highest BCUT2D eigenvalue weighted by atomic mass is 16.5. The maximum Gasteiger partial charge on any atom is 0.253 e. The van der Waals surface area contributed by atoms with Gasteiger partial charge in [0.2, 0.25) is 0 Å². The number of amides is 2. The zero-order valence-electron chi connectivity index (χ0n) is 14.9. The Labute approximate surface area is 148 Å². The largest absolute Gasteiger partial charge is 0.497 e. The van der Waals surface area contributed by atoms with Gasteiger partial charge in [0.15, 0.2) is 0 Å². The highest BCUT2D eigenvalue weighted by molar-refractivity contribution is 5.97. The lowest BCUT2D eigenvalue weighted by Crippen LogP contribution is -2.30. The van der Waals surface area contributed by atoms with Crippen LogP contribution in [0.2, 0.25) is 0 Å². The van der Waals surface area contributed by atoms with Gasteiger partial charge in [0.25, 0.3) is 11.8 Å². The minimum Gasteiger partial charge on any atom is -0.497 e. The molecule has 0 fully saturated rings. The fourth-order valence-electron chi connectivity index (χ4n) is 2.49. The van der Waals surface area contributed by atoms with Crippen molar-refractivity contribution in [2.75, 3.05) is 20.2 Å². The van der Waals surface area contributed by atoms with Crippen LogP contribution in [0.1, 0.15) is 40.1 Å². The van der Waals surface area contributed by atoms with E-state index in [0.29, 0.717) is 30.8 Å². The molecule has 5 nitrogen and oxygen atoms in total. The third-order valence-electron chi connectivity index (χ3n) is 4.06. The fourth-order valence-corrected chi connectivity index (χ4v) is 2.49. The lowest BCUT2D eigenvalue weighted by Gasteiger charge is -2.18. The van der Waals surface area contributed by atoms with Crippen molar-refractivity contribution in [1.82, 2.24) is 10.2 Å². The summed E-state index contributed by atoms with van der Waals surface area (Å²) in [5, 5.41) is 2.87. The number of benzene rings is 2. The lowest BCUT2D eigenvalue weighted by molar-refractivity contribution is 0.0772. The van der Waals surface area contributed by atoms with Gasteiger partial charge in [-0.15, -0.1) is 0 Å². The zero-order chi connectivity index (χ0) is 18.2. The molecule has 0 aliphatic heterocycles. The summed E-state index contributed by atoms with van der Waals surface area (Å²) in [5.74, 6) is 0.594. The molecule has 0 aliphatic carbocycles. The van der Waals surface area contributed by atoms with Crippen LogP contribution in [-0.4, -0.2) is 36.9 Å². The summed E-state index contributed by atoms with van der Waals surface area (Å²) in [7, 11) is 1.62. The molecule has 0 radical (unpaired) electrons. The van der Waals surface area contributed by atoms with E-state index < -0.39 is 0 Å². The van der Waals surface area contributed by atoms with E-state index in [2.05, 4.69) is 5.32 Å². The molecule has 25 heavy (non-hydrogen) atoms. The van der Waals surface area contributed by atoms with Crippen molar-refractivity contribution in [3.63, 3.8) is 0 Å². The second-order valence-electron chi connectivity index (χ2n) is 5.59. The third-order valence-corrected chi connectivity index (χ3v) is 4.06. The van der Waals surface area contributed by atoms with Crippen molar-refractivity contribution < 1.29 is 14.3 Å². The van der Waals surface area contributed by atoms with Gasteiger partial charge in [0.05, 0.1) is 7.11 Å². The number of methoxy groups -OCH3 is 1. The Hall–Kier alpha value is -2.82. The fraction of sp³-hybridized carbons (Fsp3) is 0.300. The van der Waals surface area contributed by atoms with Gasteiger partial charge in [-0.3, -0.25) is 9.59 Å². The predicted molar refractivity (Wildman–Crippen MR) is 97.9 cm³/mol. The molecule has 0 unspecified atom stereocenters. The minimum atomic E-state index is -0.169. The molecule has 2 aromatic carbocycles. The van der Waals surface area contributed by atoms with E-state index in [1.807, 2.05) is 38.1 Å². The van der Waals surface area contributed by atoms with Gasteiger partial charge in [-0.1, -0.05) is 12.1 Å². The molecular weight excluding hydrogens is 316 g/mol. The first-order valence-electron chi connectivity index (χ1n) is 8.39. The summed E-state index contributed by atoms with van der Waals surface area (Å²) < 4.78 is 5.11. The van der Waals surface area contributed by atoms with Crippen molar-refractivity contribution in [2.24, 2.45) is 0 Å². The normalized spacial score (nSPS) is 10.2. The SMILES string of the molecule is CCN(CC)C(=O)c1ccc(C(=O)NCc2ccc(OC)cc2)cc1. The molecule has 1 N–H and O–H groups in total. The highest BCUT2D eigenvalue weighted by Crippen LogP contribution is 2.12. The summed E-state index contributed by atoms with van der Waals surface area (Å²) in [6.45, 7) is 5.66. The van der Waals surface area contributed by atoms with Crippen LogP contribution in [-0.2, 0) is 6.54 Å². The average molecular weight is 340 g/mol. The van der Waals surface area contributed by atoms with Crippen LogP contribution < -0.4 is 10.1 Å². The first kappa shape index (κ1) is 18.5. The third kappa shape index (κ3) is 4.83. The van der Waals surface area contributed by atoms with Gasteiger partial charge in [0, 0.05) is 30.8 Å². The van der Waals surface area contributed by atoms with Crippen molar-refractivity contribution in [3.05, 3.63) is 65.2 Å². The molecular formula is C20H24N2O3. The van der Waals surface area contributed by atoms with E-state index in [0.717, 1.165) is 11.3 Å². The van der Waals surface area contributed by atoms with Crippen LogP contribution >= 0.6 is 0 Å². The first-order chi connectivity index (χ1) is 12.1. The molecule has 132 valence electrons. The number of nitrogens with zero attached hydrogens (tertiary/aromatic N) is 1. The van der Waals surface area contributed by atoms with Gasteiger partial charge in [0.1, 0.15) is 5.75 Å². The quantitative estimate of drug-likeness (QED) is 0.842. The van der Waals surface area contributed by atoms with E-state index >= 15 is 0 Å². The van der Waals surface area contributed by atoms with Crippen LogP contribution in [0.3, 0.4) is 0 Å². The molecule has 2 amide bonds. The average Bonchev–Trinajstić information content (AvgIpc) is 2.67. The van der Waals surface area contributed by atoms with E-state index in [1.54, 1.807) is 36.3 Å². The molecule has 0 saturated carbocycles. The van der Waals surface area contributed by atoms with E-state index in [9.17, 15) is 9.59 Å². The summed E-state index contributed by atoms with van der Waals surface area (Å²) in [6.07, 6.45) is 0. The van der Waals surface area contributed by atoms with E-state index in [1.165, 1.54) is 0 Å². The molecule has 2 rings (SSSR count). The maximum absolute atomic E-state index is 12.3. The number of carbonyl (C=O) groups excluding carboxylic acids is 2. The predicted octanol–water partition coefficient (Wildman–Crippen LogP) is 3.11. The van der Waals surface area contributed by atoms with Crippen molar-refractivity contribution >= 4 is 11.8 Å². The molecule has 0 spiro atoms. The Balaban J connectivity index is 1.96. The Morgan fingerprint density at radius 3 is 2.00 bits per heavy atom. The second kappa shape index (κ2) is 8.87. The number of ether oxygens (including phenoxy) is 1. The molecule has 0 saturated heterocycles. The number of hydrogen-bond donors (Lipinski definition) is 1. The Bertz CT molecular complexity index is 705. The summed E-state index contributed by atoms with van der Waals surface area (Å²) >= 11 is 0. The molecule has 5 heteroatoms. The summed E-state index contributed by atoms with van der Waals surface area (Å²) in [4.78, 5) is 26.3. The Kier molecular flexibility index (Phi) is 6.57. The second-order valence-corrected chi connectivity index (χ2v) is 5.59. The van der Waals surface area contributed by atoms with Crippen LogP contribution in [0, 0.1) is 0 Å². The van der Waals surface area contributed by atoms with Gasteiger partial charge in [-0.2, -0.15) is 0 Å². The van der Waals surface area contributed by atoms with Crippen LogP contribution in [0.15, 0.2) is 48.5 Å². The zero-order valence-corrected chi connectivity index (χ0v) is 14.9. The highest BCUT2D eigenvalue weighted by Gasteiger charge is 2.13. The minimum absolute atomic E-state index is 0.0183. The smallest absolute Gasteiger partial charge is 0.253 e. The Morgan fingerprint density at radius 1 is 0.920 bits per heavy atom. The monoisotopic (exact) mass is 340 g/mol. The van der Waals surface area contributed by atoms with Gasteiger partial charge in [-0.25, -0.2) is 0 Å². The molecule has 2 aromatic rings. The Morgan fingerprint density at radius 2 is 1.48 bits per heavy atom. The van der Waals surface area contributed by atoms with Crippen molar-refractivity contribution in [1.29, 1.82) is 0 Å². The standard InChI is InChI=1S/C20H24N2O3/c1-4-22(5-2)20(24)17-10-8-16(9-11-17)19(23)21-14-15-6-12-18(25-3)13-7-15/h6-13H,4-5,14H2,1-3H3,(H,21,23). The summed E-state index contributed by atoms with van der Waals surface area (Å²) in [6, 6.07) is 14.3. The van der Waals surface area contributed by atoms with E-state index in [-0.39, 0.29) is 11.8 Å². The van der Waals surface area contributed by atoms with E-state index in [4.69, 9.17) is 4.74 Å². The summed E-state index contributed by atoms with van der Waals surface area (Å²) in [5.41, 5.74) is 2.11. The van der Waals surface area contributed by atoms with Gasteiger partial charge < -0.3 is 15.0 Å². The lowest BCUT2D eigenvalue weighted by atomic mass is 10.1. The molecule has 0 bridgehead atoms. The topological polar surface area (TPSA) is 58.6 Å². The molecule has 0 atom stereocenters. The number of hydrogen-bond acceptors (Lipinski definition) is 3. The first-order valence-corrected chi connectivity index (χ1v) is 8.39. The van der Waals surface area contributed by atoms with Gasteiger partial charge in [-0.05, 0) is 55.8 Å². The maximum atomic E-state index is 12.3. The van der Waals surface area contributed by atoms with Crippen LogP contribution in [0.4, 0.5) is 0 Å². The van der Waals surface area contributed by atoms with Gasteiger partial charge >= 0.3 is 0 Å².